The number of ether oxygens (including phenoxy) is 1. The van der Waals surface area contributed by atoms with E-state index in [1.807, 2.05) is 6.92 Å². The van der Waals surface area contributed by atoms with Crippen LogP contribution < -0.4 is 4.74 Å². The van der Waals surface area contributed by atoms with Crippen LogP contribution in [0.15, 0.2) is 23.1 Å². The van der Waals surface area contributed by atoms with E-state index < -0.39 is 29.3 Å². The molecule has 1 aromatic carbocycles. The Morgan fingerprint density at radius 1 is 1.19 bits per heavy atom. The molecular formula is C18H26N2O5S2. The summed E-state index contributed by atoms with van der Waals surface area (Å²) in [6.07, 6.45) is 4.66. The van der Waals surface area contributed by atoms with Crippen LogP contribution in [0.3, 0.4) is 0 Å². The summed E-state index contributed by atoms with van der Waals surface area (Å²) in [5.74, 6) is 0.0639. The quantitative estimate of drug-likeness (QED) is 0.233. The van der Waals surface area contributed by atoms with Crippen molar-refractivity contribution in [2.75, 3.05) is 6.61 Å². The van der Waals surface area contributed by atoms with Crippen LogP contribution >= 0.6 is 0 Å². The molecule has 150 valence electrons. The van der Waals surface area contributed by atoms with Crippen LogP contribution in [-0.2, 0) is 19.7 Å². The van der Waals surface area contributed by atoms with E-state index in [1.54, 1.807) is 13.0 Å². The fourth-order valence-electron chi connectivity index (χ4n) is 3.15. The van der Waals surface area contributed by atoms with Crippen molar-refractivity contribution < 1.29 is 26.4 Å². The predicted octanol–water partition coefficient (Wildman–Crippen LogP) is 3.28. The molecule has 0 atom stereocenters. The van der Waals surface area contributed by atoms with Crippen molar-refractivity contribution in [2.45, 2.75) is 68.9 Å². The van der Waals surface area contributed by atoms with Crippen molar-refractivity contribution >= 4 is 24.1 Å². The first-order valence-electron chi connectivity index (χ1n) is 9.19. The SMILES string of the molecule is CCCCOc1ccc(C)cc1S(=O)(=O)C(=[N+]=[N-])S(=O)(=O)C1CCCCC1. The molecule has 0 unspecified atom stereocenters. The number of nitrogens with zero attached hydrogens (tertiary/aromatic N) is 2. The summed E-state index contributed by atoms with van der Waals surface area (Å²) in [5.41, 5.74) is 9.98. The van der Waals surface area contributed by atoms with Crippen LogP contribution in [0.2, 0.25) is 0 Å². The zero-order valence-corrected chi connectivity index (χ0v) is 17.4. The van der Waals surface area contributed by atoms with Crippen LogP contribution in [-0.4, -0.2) is 37.9 Å². The van der Waals surface area contributed by atoms with E-state index in [9.17, 15) is 22.4 Å². The molecule has 9 heteroatoms. The van der Waals surface area contributed by atoms with Gasteiger partial charge >= 0.3 is 4.38 Å². The minimum absolute atomic E-state index is 0.0639. The Kier molecular flexibility index (Phi) is 7.19. The van der Waals surface area contributed by atoms with Crippen LogP contribution in [0.5, 0.6) is 5.75 Å². The summed E-state index contributed by atoms with van der Waals surface area (Å²) in [4.78, 5) is 2.45. The fourth-order valence-corrected chi connectivity index (χ4v) is 7.43. The van der Waals surface area contributed by atoms with Crippen molar-refractivity contribution in [1.29, 1.82) is 0 Å². The van der Waals surface area contributed by atoms with Gasteiger partial charge in [0.15, 0.2) is 0 Å². The molecule has 27 heavy (non-hydrogen) atoms. The minimum atomic E-state index is -4.56. The molecule has 0 spiro atoms. The predicted molar refractivity (Wildman–Crippen MR) is 103 cm³/mol. The number of sulfone groups is 2. The van der Waals surface area contributed by atoms with E-state index in [0.717, 1.165) is 19.3 Å². The Morgan fingerprint density at radius 3 is 2.44 bits per heavy atom. The largest absolute Gasteiger partial charge is 0.500 e. The van der Waals surface area contributed by atoms with E-state index >= 15 is 0 Å². The summed E-state index contributed by atoms with van der Waals surface area (Å²) in [6, 6.07) is 4.53. The number of hydrogen-bond donors (Lipinski definition) is 0. The summed E-state index contributed by atoms with van der Waals surface area (Å²) < 4.78 is 56.4. The molecule has 0 aliphatic heterocycles. The number of unbranched alkanes of at least 4 members (excludes halogenated alkanes) is 1. The topological polar surface area (TPSA) is 114 Å². The fraction of sp³-hybridized carbons (Fsp3) is 0.611. The van der Waals surface area contributed by atoms with Gasteiger partial charge in [-0.3, -0.25) is 0 Å². The highest BCUT2D eigenvalue weighted by molar-refractivity contribution is 8.31. The van der Waals surface area contributed by atoms with Gasteiger partial charge in [0.1, 0.15) is 10.6 Å². The van der Waals surface area contributed by atoms with Gasteiger partial charge in [0, 0.05) is 0 Å². The molecule has 1 fully saturated rings. The molecule has 2 rings (SSSR count). The maximum atomic E-state index is 13.1. The van der Waals surface area contributed by atoms with Gasteiger partial charge < -0.3 is 10.3 Å². The lowest BCUT2D eigenvalue weighted by Crippen LogP contribution is -2.35. The smallest absolute Gasteiger partial charge is 0.492 e. The van der Waals surface area contributed by atoms with E-state index in [2.05, 4.69) is 4.79 Å². The Balaban J connectivity index is 2.49. The van der Waals surface area contributed by atoms with Gasteiger partial charge in [-0.2, -0.15) is 0 Å². The van der Waals surface area contributed by atoms with Crippen LogP contribution in [0.25, 0.3) is 5.53 Å². The third-order valence-corrected chi connectivity index (χ3v) is 9.40. The van der Waals surface area contributed by atoms with Crippen molar-refractivity contribution in [2.24, 2.45) is 0 Å². The summed E-state index contributed by atoms with van der Waals surface area (Å²) in [5, 5.41) is -0.846. The minimum Gasteiger partial charge on any atom is -0.492 e. The average molecular weight is 415 g/mol. The van der Waals surface area contributed by atoms with Gasteiger partial charge in [-0.1, -0.05) is 38.7 Å². The number of benzene rings is 1. The molecule has 1 aromatic rings. The molecule has 0 saturated heterocycles. The second-order valence-electron chi connectivity index (χ2n) is 6.83. The Labute approximate surface area is 161 Å². The molecule has 0 N–H and O–H groups in total. The van der Waals surface area contributed by atoms with Crippen LogP contribution in [0.4, 0.5) is 0 Å². The summed E-state index contributed by atoms with van der Waals surface area (Å²) in [6.45, 7) is 3.98. The maximum absolute atomic E-state index is 13.1. The molecule has 0 amide bonds. The molecule has 1 aliphatic carbocycles. The average Bonchev–Trinajstić information content (AvgIpc) is 2.64. The van der Waals surface area contributed by atoms with Gasteiger partial charge in [0.2, 0.25) is 0 Å². The molecule has 1 aliphatic rings. The Hall–Kier alpha value is -1.70. The highest BCUT2D eigenvalue weighted by atomic mass is 32.3. The molecular weight excluding hydrogens is 388 g/mol. The lowest BCUT2D eigenvalue weighted by molar-refractivity contribution is 0.00368. The van der Waals surface area contributed by atoms with E-state index in [-0.39, 0.29) is 10.6 Å². The maximum Gasteiger partial charge on any atom is 0.500 e. The zero-order valence-electron chi connectivity index (χ0n) is 15.7. The van der Waals surface area contributed by atoms with E-state index in [0.29, 0.717) is 37.9 Å². The van der Waals surface area contributed by atoms with E-state index in [4.69, 9.17) is 4.74 Å². The molecule has 0 aromatic heterocycles. The second-order valence-corrected chi connectivity index (χ2v) is 11.1. The molecule has 0 heterocycles. The third-order valence-electron chi connectivity index (χ3n) is 4.69. The van der Waals surface area contributed by atoms with Gasteiger partial charge in [0.25, 0.3) is 19.7 Å². The van der Waals surface area contributed by atoms with Gasteiger partial charge in [0.05, 0.1) is 11.9 Å². The van der Waals surface area contributed by atoms with Gasteiger partial charge in [-0.15, -0.1) is 4.79 Å². The second kappa shape index (κ2) is 8.99. The first-order chi connectivity index (χ1) is 12.7. The first kappa shape index (κ1) is 21.6. The lowest BCUT2D eigenvalue weighted by Gasteiger charge is -2.19. The van der Waals surface area contributed by atoms with Crippen molar-refractivity contribution in [3.63, 3.8) is 0 Å². The van der Waals surface area contributed by atoms with Crippen molar-refractivity contribution in [3.05, 3.63) is 29.3 Å². The monoisotopic (exact) mass is 414 g/mol. The molecule has 7 nitrogen and oxygen atoms in total. The number of rotatable bonds is 6. The van der Waals surface area contributed by atoms with Crippen molar-refractivity contribution in [3.8, 4) is 5.75 Å². The summed E-state index contributed by atoms with van der Waals surface area (Å²) in [7, 11) is -8.84. The molecule has 0 radical (unpaired) electrons. The third kappa shape index (κ3) is 4.78. The molecule has 1 saturated carbocycles. The van der Waals surface area contributed by atoms with Crippen molar-refractivity contribution in [1.82, 2.24) is 0 Å². The summed E-state index contributed by atoms with van der Waals surface area (Å²) >= 11 is 0. The zero-order chi connectivity index (χ0) is 20.1. The lowest BCUT2D eigenvalue weighted by atomic mass is 10.0. The van der Waals surface area contributed by atoms with Gasteiger partial charge in [-0.25, -0.2) is 16.8 Å². The van der Waals surface area contributed by atoms with Crippen LogP contribution in [0, 0.1) is 6.92 Å². The molecule has 0 bridgehead atoms. The number of hydrogen-bond acceptors (Lipinski definition) is 5. The van der Waals surface area contributed by atoms with Crippen LogP contribution in [0.1, 0.15) is 57.4 Å². The van der Waals surface area contributed by atoms with Gasteiger partial charge in [-0.05, 0) is 43.9 Å². The first-order valence-corrected chi connectivity index (χ1v) is 12.2. The Morgan fingerprint density at radius 2 is 1.85 bits per heavy atom. The highest BCUT2D eigenvalue weighted by Gasteiger charge is 2.48. The number of aryl methyl sites for hydroxylation is 1. The van der Waals surface area contributed by atoms with E-state index in [1.165, 1.54) is 12.1 Å². The highest BCUT2D eigenvalue weighted by Crippen LogP contribution is 2.31. The normalized spacial score (nSPS) is 15.9. The Bertz CT molecular complexity index is 926. The standard InChI is InChI=1S/C18H26N2O5S2/c1-3-4-12-25-16-11-10-14(2)13-17(16)27(23,24)18(20-19)26(21,22)15-8-6-5-7-9-15/h10-11,13,15H,3-9,12H2,1-2H3.